The van der Waals surface area contributed by atoms with Crippen molar-refractivity contribution in [2.75, 3.05) is 0 Å². The molecule has 0 aliphatic carbocycles. The Kier molecular flexibility index (Phi) is 7.48. The van der Waals surface area contributed by atoms with Crippen LogP contribution in [0.1, 0.15) is 46.2 Å². The van der Waals surface area contributed by atoms with E-state index in [1.807, 2.05) is 67.6 Å². The first-order valence-corrected chi connectivity index (χ1v) is 12.3. The minimum atomic E-state index is -0.214. The lowest BCUT2D eigenvalue weighted by atomic mass is 10.1. The molecule has 0 spiro atoms. The van der Waals surface area contributed by atoms with Crippen molar-refractivity contribution >= 4 is 5.91 Å². The number of carbonyl (C=O) groups is 1. The van der Waals surface area contributed by atoms with Gasteiger partial charge in [-0.15, -0.1) is 40.8 Å². The molecule has 11 heteroatoms. The Morgan fingerprint density at radius 3 is 1.69 bits per heavy atom. The number of rotatable bonds is 8. The molecule has 0 radical (unpaired) electrons. The van der Waals surface area contributed by atoms with Crippen LogP contribution >= 0.6 is 0 Å². The summed E-state index contributed by atoms with van der Waals surface area (Å²) in [6.45, 7) is 5.82. The topological polar surface area (TPSA) is 141 Å². The second-order valence-corrected chi connectivity index (χ2v) is 8.83. The summed E-state index contributed by atoms with van der Waals surface area (Å²) < 4.78 is 6.07. The molecule has 1 amide bonds. The minimum absolute atomic E-state index is 0.160. The molecule has 0 saturated heterocycles. The SMILES string of the molecule is Cc1nnc(-c2ccc(CNC(=O)c3ccc(C(C)Oc4ccc(-c5nnc(C)nn5)cc4)cc3)cc2)nn1. The number of ether oxygens (including phenoxy) is 1. The molecular formula is C28H25N9O2. The first-order valence-electron chi connectivity index (χ1n) is 12.3. The summed E-state index contributed by atoms with van der Waals surface area (Å²) in [5, 5.41) is 34.9. The number of hydrogen-bond donors (Lipinski definition) is 1. The Morgan fingerprint density at radius 1 is 0.692 bits per heavy atom. The van der Waals surface area contributed by atoms with E-state index in [-0.39, 0.29) is 12.0 Å². The van der Waals surface area contributed by atoms with E-state index in [1.54, 1.807) is 26.0 Å². The molecule has 0 fully saturated rings. The van der Waals surface area contributed by atoms with E-state index in [4.69, 9.17) is 4.74 Å². The first kappa shape index (κ1) is 25.5. The van der Waals surface area contributed by atoms with E-state index in [0.717, 1.165) is 22.3 Å². The maximum absolute atomic E-state index is 12.7. The molecule has 2 heterocycles. The van der Waals surface area contributed by atoms with Gasteiger partial charge in [-0.05, 0) is 68.3 Å². The Labute approximate surface area is 224 Å². The summed E-state index contributed by atoms with van der Waals surface area (Å²) in [6.07, 6.45) is -0.214. The third kappa shape index (κ3) is 6.39. The Hall–Kier alpha value is -5.19. The average Bonchev–Trinajstić information content (AvgIpc) is 2.97. The predicted molar refractivity (Wildman–Crippen MR) is 142 cm³/mol. The average molecular weight is 520 g/mol. The van der Waals surface area contributed by atoms with E-state index in [0.29, 0.717) is 41.2 Å². The fourth-order valence-electron chi connectivity index (χ4n) is 3.71. The third-order valence-corrected chi connectivity index (χ3v) is 5.89. The molecule has 0 aliphatic rings. The standard InChI is InChI=1S/C28H25N9O2/c1-17(39-25-14-12-23(13-15-25)27-36-32-19(3)33-37-27)21-8-10-24(11-9-21)28(38)29-16-20-4-6-22(7-5-20)26-34-30-18(2)31-35-26/h4-15,17H,16H2,1-3H3,(H,29,38). The van der Waals surface area contributed by atoms with Gasteiger partial charge < -0.3 is 10.1 Å². The highest BCUT2D eigenvalue weighted by Crippen LogP contribution is 2.24. The largest absolute Gasteiger partial charge is 0.486 e. The highest BCUT2D eigenvalue weighted by atomic mass is 16.5. The zero-order valence-electron chi connectivity index (χ0n) is 21.6. The molecule has 11 nitrogen and oxygen atoms in total. The highest BCUT2D eigenvalue weighted by molar-refractivity contribution is 5.94. The van der Waals surface area contributed by atoms with Crippen molar-refractivity contribution in [2.45, 2.75) is 33.4 Å². The predicted octanol–water partition coefficient (Wildman–Crippen LogP) is 3.87. The fraction of sp³-hybridized carbons (Fsp3) is 0.179. The zero-order chi connectivity index (χ0) is 27.2. The van der Waals surface area contributed by atoms with Gasteiger partial charge in [-0.3, -0.25) is 4.79 Å². The maximum atomic E-state index is 12.7. The van der Waals surface area contributed by atoms with Gasteiger partial charge in [0.1, 0.15) is 11.9 Å². The molecule has 1 atom stereocenters. The van der Waals surface area contributed by atoms with Gasteiger partial charge in [0.2, 0.25) is 11.6 Å². The summed E-state index contributed by atoms with van der Waals surface area (Å²) in [5.41, 5.74) is 4.08. The van der Waals surface area contributed by atoms with Gasteiger partial charge >= 0.3 is 0 Å². The maximum Gasteiger partial charge on any atom is 0.251 e. The number of aryl methyl sites for hydroxylation is 2. The molecule has 39 heavy (non-hydrogen) atoms. The van der Waals surface area contributed by atoms with Crippen molar-refractivity contribution in [3.8, 4) is 28.5 Å². The van der Waals surface area contributed by atoms with Crippen LogP contribution in [0.2, 0.25) is 0 Å². The van der Waals surface area contributed by atoms with E-state index >= 15 is 0 Å². The minimum Gasteiger partial charge on any atom is -0.486 e. The van der Waals surface area contributed by atoms with Crippen LogP contribution in [0.15, 0.2) is 72.8 Å². The number of hydrogen-bond acceptors (Lipinski definition) is 10. The van der Waals surface area contributed by atoms with Crippen molar-refractivity contribution in [3.05, 3.63) is 101 Å². The van der Waals surface area contributed by atoms with Crippen molar-refractivity contribution in [1.29, 1.82) is 0 Å². The Morgan fingerprint density at radius 2 is 1.18 bits per heavy atom. The van der Waals surface area contributed by atoms with Crippen molar-refractivity contribution < 1.29 is 9.53 Å². The monoisotopic (exact) mass is 519 g/mol. The van der Waals surface area contributed by atoms with Crippen molar-refractivity contribution in [3.63, 3.8) is 0 Å². The quantitative estimate of drug-likeness (QED) is 0.321. The van der Waals surface area contributed by atoms with Gasteiger partial charge in [0, 0.05) is 23.2 Å². The molecule has 3 aromatic carbocycles. The third-order valence-electron chi connectivity index (χ3n) is 5.89. The summed E-state index contributed by atoms with van der Waals surface area (Å²) in [6, 6.07) is 22.4. The fourth-order valence-corrected chi connectivity index (χ4v) is 3.71. The number of amides is 1. The lowest BCUT2D eigenvalue weighted by molar-refractivity contribution is 0.0950. The molecule has 0 aliphatic heterocycles. The second kappa shape index (κ2) is 11.5. The van der Waals surface area contributed by atoms with Crippen LogP contribution in [0, 0.1) is 13.8 Å². The van der Waals surface area contributed by atoms with Gasteiger partial charge in [-0.2, -0.15) is 0 Å². The van der Waals surface area contributed by atoms with Gasteiger partial charge in [0.05, 0.1) is 0 Å². The number of nitrogens with zero attached hydrogens (tertiary/aromatic N) is 8. The molecule has 2 aromatic heterocycles. The molecule has 194 valence electrons. The van der Waals surface area contributed by atoms with Crippen LogP contribution in [0.5, 0.6) is 5.75 Å². The molecule has 5 rings (SSSR count). The summed E-state index contributed by atoms with van der Waals surface area (Å²) in [7, 11) is 0. The van der Waals surface area contributed by atoms with Crippen LogP contribution in [0.25, 0.3) is 22.8 Å². The number of carbonyl (C=O) groups excluding carboxylic acids is 1. The number of nitrogens with one attached hydrogen (secondary N) is 1. The van der Waals surface area contributed by atoms with Gasteiger partial charge in [-0.1, -0.05) is 36.4 Å². The molecule has 1 N–H and O–H groups in total. The van der Waals surface area contributed by atoms with Gasteiger partial charge in [0.15, 0.2) is 11.6 Å². The summed E-state index contributed by atoms with van der Waals surface area (Å²) >= 11 is 0. The lowest BCUT2D eigenvalue weighted by Crippen LogP contribution is -2.22. The lowest BCUT2D eigenvalue weighted by Gasteiger charge is -2.16. The van der Waals surface area contributed by atoms with E-state index in [2.05, 4.69) is 46.1 Å². The Balaban J connectivity index is 1.14. The van der Waals surface area contributed by atoms with Crippen LogP contribution in [-0.4, -0.2) is 46.7 Å². The summed E-state index contributed by atoms with van der Waals surface area (Å²) in [5.74, 6) is 2.49. The van der Waals surface area contributed by atoms with Crippen LogP contribution < -0.4 is 10.1 Å². The van der Waals surface area contributed by atoms with Crippen LogP contribution in [0.4, 0.5) is 0 Å². The molecular weight excluding hydrogens is 494 g/mol. The molecule has 1 unspecified atom stereocenters. The van der Waals surface area contributed by atoms with E-state index in [1.165, 1.54) is 0 Å². The van der Waals surface area contributed by atoms with E-state index in [9.17, 15) is 4.79 Å². The highest BCUT2D eigenvalue weighted by Gasteiger charge is 2.11. The first-order chi connectivity index (χ1) is 18.9. The van der Waals surface area contributed by atoms with Crippen molar-refractivity contribution in [2.24, 2.45) is 0 Å². The number of benzene rings is 3. The van der Waals surface area contributed by atoms with Crippen LogP contribution in [-0.2, 0) is 6.54 Å². The molecule has 0 saturated carbocycles. The van der Waals surface area contributed by atoms with Crippen LogP contribution in [0.3, 0.4) is 0 Å². The second-order valence-electron chi connectivity index (χ2n) is 8.83. The normalized spacial score (nSPS) is 11.6. The number of aromatic nitrogens is 8. The molecule has 5 aromatic rings. The zero-order valence-corrected chi connectivity index (χ0v) is 21.6. The summed E-state index contributed by atoms with van der Waals surface area (Å²) in [4.78, 5) is 12.7. The molecule has 0 bridgehead atoms. The van der Waals surface area contributed by atoms with Gasteiger partial charge in [0.25, 0.3) is 5.91 Å². The Bertz CT molecular complexity index is 1540. The van der Waals surface area contributed by atoms with Gasteiger partial charge in [-0.25, -0.2) is 0 Å². The van der Waals surface area contributed by atoms with Crippen molar-refractivity contribution in [1.82, 2.24) is 46.1 Å². The smallest absolute Gasteiger partial charge is 0.251 e. The van der Waals surface area contributed by atoms with E-state index < -0.39 is 0 Å².